The van der Waals surface area contributed by atoms with Crippen LogP contribution in [0.15, 0.2) is 0 Å². The smallest absolute Gasteiger partial charge is 0.235 e. The summed E-state index contributed by atoms with van der Waals surface area (Å²) in [7, 11) is -3.46. The average Bonchev–Trinajstić information content (AvgIpc) is 1.60. The summed E-state index contributed by atoms with van der Waals surface area (Å²) in [6.07, 6.45) is 0.203. The van der Waals surface area contributed by atoms with E-state index in [-0.39, 0.29) is 6.42 Å². The number of primary amides is 1. The molecule has 0 spiro atoms. The van der Waals surface area contributed by atoms with Crippen LogP contribution < -0.4 is 5.73 Å². The van der Waals surface area contributed by atoms with Crippen molar-refractivity contribution >= 4 is 25.9 Å². The van der Waals surface area contributed by atoms with Crippen LogP contribution in [-0.4, -0.2) is 19.9 Å². The molecule has 0 aromatic carbocycles. The van der Waals surface area contributed by atoms with E-state index in [9.17, 15) is 9.00 Å². The van der Waals surface area contributed by atoms with Gasteiger partial charge in [-0.2, -0.15) is 0 Å². The van der Waals surface area contributed by atoms with Crippen molar-refractivity contribution in [2.45, 2.75) is 18.6 Å². The molecule has 60 valence electrons. The van der Waals surface area contributed by atoms with Gasteiger partial charge in [-0.3, -0.25) is 4.79 Å². The van der Waals surface area contributed by atoms with Gasteiger partial charge >= 0.3 is 0 Å². The second-order valence-corrected chi connectivity index (χ2v) is 4.85. The maximum atomic E-state index is 10.6. The molecular weight excluding hydrogens is 174 g/mol. The first kappa shape index (κ1) is 9.80. The first-order valence-corrected chi connectivity index (χ1v) is 5.15. The molecule has 0 rings (SSSR count). The maximum absolute atomic E-state index is 10.6. The van der Waals surface area contributed by atoms with Crippen LogP contribution in [0.2, 0.25) is 0 Å². The van der Waals surface area contributed by atoms with E-state index in [0.29, 0.717) is 0 Å². The third-order valence-electron chi connectivity index (χ3n) is 1.05. The first-order chi connectivity index (χ1) is 4.39. The Morgan fingerprint density at radius 1 is 1.90 bits per heavy atom. The summed E-state index contributed by atoms with van der Waals surface area (Å²) in [6, 6.07) is 0. The Balaban J connectivity index is 4.55. The number of rotatable bonds is 3. The number of nitrogens with two attached hydrogens (primary N) is 1. The van der Waals surface area contributed by atoms with Crippen molar-refractivity contribution < 1.29 is 13.6 Å². The Morgan fingerprint density at radius 3 is 2.30 bits per heavy atom. The van der Waals surface area contributed by atoms with Crippen molar-refractivity contribution in [3.8, 4) is 0 Å². The normalized spacial score (nSPS) is 19.4. The Kier molecular flexibility index (Phi) is 3.20. The fraction of sp³-hybridized carbons (Fsp3) is 0.750. The van der Waals surface area contributed by atoms with Gasteiger partial charge in [-0.15, -0.1) is 0 Å². The van der Waals surface area contributed by atoms with Crippen molar-refractivity contribution in [3.05, 3.63) is 0 Å². The van der Waals surface area contributed by atoms with E-state index in [2.05, 4.69) is 11.2 Å². The van der Waals surface area contributed by atoms with Gasteiger partial charge in [0.25, 0.3) is 0 Å². The fourth-order valence-electron chi connectivity index (χ4n) is 0.559. The molecule has 0 aromatic rings. The lowest BCUT2D eigenvalue weighted by Crippen LogP contribution is -2.34. The molecule has 0 radical (unpaired) electrons. The summed E-state index contributed by atoms with van der Waals surface area (Å²) in [6.45, 7) is 1.58. The second kappa shape index (κ2) is 3.27. The molecule has 0 aliphatic carbocycles. The highest BCUT2D eigenvalue weighted by Crippen LogP contribution is 2.02. The molecule has 0 aliphatic rings. The van der Waals surface area contributed by atoms with Crippen molar-refractivity contribution in [2.75, 3.05) is 0 Å². The van der Waals surface area contributed by atoms with Crippen LogP contribution in [-0.2, 0) is 24.8 Å². The van der Waals surface area contributed by atoms with Gasteiger partial charge in [0.05, 0.1) is 0 Å². The summed E-state index contributed by atoms with van der Waals surface area (Å²) in [5, 5.41) is -1.09. The highest BCUT2D eigenvalue weighted by molar-refractivity contribution is 8.30. The minimum absolute atomic E-state index is 0.203. The molecule has 0 aromatic heterocycles. The molecule has 0 saturated heterocycles. The Hall–Kier alpha value is -0.200. The van der Waals surface area contributed by atoms with Crippen LogP contribution in [0.4, 0.5) is 0 Å². The largest absolute Gasteiger partial charge is 0.369 e. The summed E-state index contributed by atoms with van der Waals surface area (Å²) in [4.78, 5) is 10.4. The number of amides is 1. The van der Waals surface area contributed by atoms with Crippen LogP contribution >= 0.6 is 0 Å². The quantitative estimate of drug-likeness (QED) is 0.616. The zero-order valence-corrected chi connectivity index (χ0v) is 7.08. The summed E-state index contributed by atoms with van der Waals surface area (Å²) in [5.74, 6) is -0.815. The first-order valence-electron chi connectivity index (χ1n) is 2.65. The van der Waals surface area contributed by atoms with Crippen LogP contribution in [0.25, 0.3) is 0 Å². The number of hydrogen-bond acceptors (Lipinski definition) is 3. The van der Waals surface area contributed by atoms with Crippen LogP contribution in [0.5, 0.6) is 0 Å². The molecular formula is C4H9NO3S2. The zero-order chi connectivity index (χ0) is 8.36. The van der Waals surface area contributed by atoms with Crippen molar-refractivity contribution in [1.82, 2.24) is 0 Å². The van der Waals surface area contributed by atoms with Gasteiger partial charge in [0.1, 0.15) is 5.25 Å². The third-order valence-corrected chi connectivity index (χ3v) is 3.03. The van der Waals surface area contributed by atoms with Gasteiger partial charge in [-0.1, -0.05) is 6.92 Å². The van der Waals surface area contributed by atoms with Gasteiger partial charge in [-0.05, 0) is 6.42 Å². The average molecular weight is 183 g/mol. The predicted molar refractivity (Wildman–Crippen MR) is 41.4 cm³/mol. The standard InChI is InChI=1S/C4H9NO3S2/c1-2-3(4(5)6)10(7,8)9/h3H,2H2,1H3,(H2,5,6)(H,7,8,9). The van der Waals surface area contributed by atoms with Gasteiger partial charge < -0.3 is 10.3 Å². The number of carbonyl (C=O) groups is 1. The van der Waals surface area contributed by atoms with Crippen molar-refractivity contribution in [2.24, 2.45) is 5.73 Å². The van der Waals surface area contributed by atoms with Crippen LogP contribution in [0.3, 0.4) is 0 Å². The van der Waals surface area contributed by atoms with Crippen molar-refractivity contribution in [1.29, 1.82) is 0 Å². The molecule has 10 heavy (non-hydrogen) atoms. The SMILES string of the molecule is CCC(C(N)=O)S(=O)(O)=S. The van der Waals surface area contributed by atoms with Gasteiger partial charge in [0.2, 0.25) is 5.91 Å². The van der Waals surface area contributed by atoms with E-state index in [0.717, 1.165) is 0 Å². The van der Waals surface area contributed by atoms with E-state index in [1.54, 1.807) is 6.92 Å². The number of hydrogen-bond donors (Lipinski definition) is 2. The molecule has 0 fully saturated rings. The monoisotopic (exact) mass is 183 g/mol. The molecule has 4 nitrogen and oxygen atoms in total. The Bertz CT molecular complexity index is 221. The third kappa shape index (κ3) is 2.59. The topological polar surface area (TPSA) is 80.4 Å². The molecule has 0 saturated carbocycles. The van der Waals surface area contributed by atoms with Gasteiger partial charge in [0.15, 0.2) is 8.77 Å². The van der Waals surface area contributed by atoms with E-state index in [1.807, 2.05) is 0 Å². The molecule has 0 bridgehead atoms. The van der Waals surface area contributed by atoms with E-state index >= 15 is 0 Å². The molecule has 1 amide bonds. The minimum Gasteiger partial charge on any atom is -0.369 e. The molecule has 2 unspecified atom stereocenters. The zero-order valence-electron chi connectivity index (χ0n) is 5.44. The lowest BCUT2D eigenvalue weighted by Gasteiger charge is -2.07. The lowest BCUT2D eigenvalue weighted by atomic mass is 10.3. The molecule has 6 heteroatoms. The van der Waals surface area contributed by atoms with E-state index in [4.69, 9.17) is 10.3 Å². The number of carbonyl (C=O) groups excluding carboxylic acids is 1. The lowest BCUT2D eigenvalue weighted by molar-refractivity contribution is -0.117. The maximum Gasteiger partial charge on any atom is 0.235 e. The Labute approximate surface area is 64.3 Å². The van der Waals surface area contributed by atoms with E-state index < -0.39 is 19.9 Å². The highest BCUT2D eigenvalue weighted by Gasteiger charge is 2.22. The summed E-state index contributed by atoms with van der Waals surface area (Å²) in [5.41, 5.74) is 4.79. The molecule has 0 heterocycles. The second-order valence-electron chi connectivity index (χ2n) is 1.81. The van der Waals surface area contributed by atoms with Crippen LogP contribution in [0.1, 0.15) is 13.3 Å². The highest BCUT2D eigenvalue weighted by atomic mass is 32.8. The Morgan fingerprint density at radius 2 is 2.30 bits per heavy atom. The van der Waals surface area contributed by atoms with Gasteiger partial charge in [-0.25, -0.2) is 4.21 Å². The van der Waals surface area contributed by atoms with E-state index in [1.165, 1.54) is 0 Å². The van der Waals surface area contributed by atoms with Crippen LogP contribution in [0, 0.1) is 0 Å². The molecule has 3 N–H and O–H groups in total. The molecule has 0 aliphatic heterocycles. The van der Waals surface area contributed by atoms with Gasteiger partial charge in [0, 0.05) is 11.2 Å². The minimum atomic E-state index is -3.46. The molecule has 2 atom stereocenters. The summed E-state index contributed by atoms with van der Waals surface area (Å²) >= 11 is 4.16. The predicted octanol–water partition coefficient (Wildman–Crippen LogP) is -0.530. The van der Waals surface area contributed by atoms with Crippen molar-refractivity contribution in [3.63, 3.8) is 0 Å². The summed E-state index contributed by atoms with van der Waals surface area (Å²) < 4.78 is 19.3. The fourth-order valence-corrected chi connectivity index (χ4v) is 1.97.